The molecule has 1 saturated heterocycles. The Bertz CT molecular complexity index is 1130. The Kier molecular flexibility index (Phi) is 8.99. The van der Waals surface area contributed by atoms with Crippen molar-refractivity contribution in [1.29, 1.82) is 0 Å². The predicted octanol–water partition coefficient (Wildman–Crippen LogP) is 4.93. The van der Waals surface area contributed by atoms with Crippen LogP contribution in [0.5, 0.6) is 0 Å². The summed E-state index contributed by atoms with van der Waals surface area (Å²) in [5.74, 6) is 1.88. The number of nitrogens with one attached hydrogen (secondary N) is 1. The SMILES string of the molecule is C=CC(=O)N1CCN(C(CC2CC2)c2ccc(C(C)Nc3ncc4c(n3)N(C)C(=O)OC4)cc2)CC1.CC. The van der Waals surface area contributed by atoms with Crippen molar-refractivity contribution >= 4 is 23.8 Å². The molecule has 1 saturated carbocycles. The van der Waals surface area contributed by atoms with E-state index in [2.05, 4.69) is 58.0 Å². The average Bonchev–Trinajstić information content (AvgIpc) is 3.79. The Morgan fingerprint density at radius 3 is 2.45 bits per heavy atom. The maximum atomic E-state index is 12.0. The molecule has 9 nitrogen and oxygen atoms in total. The number of hydrogen-bond acceptors (Lipinski definition) is 7. The standard InChI is InChI=1S/C27H34N6O3.C2H6/c1-4-24(34)33-13-11-32(12-14-33)23(15-19-5-6-19)21-9-7-20(8-10-21)18(2)29-26-28-16-22-17-36-27(35)31(3)25(22)30-26;1-2/h4,7-10,16,18-19,23H,1,5-6,11-15,17H2,2-3H3,(H,28,29,30);1-2H3. The van der Waals surface area contributed by atoms with Crippen LogP contribution >= 0.6 is 0 Å². The van der Waals surface area contributed by atoms with E-state index in [4.69, 9.17) is 4.74 Å². The number of aromatic nitrogens is 2. The smallest absolute Gasteiger partial charge is 0.415 e. The third kappa shape index (κ3) is 6.32. The first-order valence-corrected chi connectivity index (χ1v) is 13.7. The topological polar surface area (TPSA) is 90.9 Å². The molecule has 2 amide bonds. The van der Waals surface area contributed by atoms with Crippen molar-refractivity contribution in [3.63, 3.8) is 0 Å². The lowest BCUT2D eigenvalue weighted by Crippen LogP contribution is -2.49. The minimum absolute atomic E-state index is 0.00621. The van der Waals surface area contributed by atoms with E-state index in [1.54, 1.807) is 13.2 Å². The fraction of sp³-hybridized carbons (Fsp3) is 0.517. The van der Waals surface area contributed by atoms with Crippen molar-refractivity contribution in [2.75, 3.05) is 43.4 Å². The maximum absolute atomic E-state index is 12.0. The summed E-state index contributed by atoms with van der Waals surface area (Å²) in [7, 11) is 1.65. The molecule has 3 aliphatic rings. The van der Waals surface area contributed by atoms with Crippen LogP contribution in [0.15, 0.2) is 43.1 Å². The Morgan fingerprint density at radius 1 is 1.16 bits per heavy atom. The molecular formula is C29H40N6O3. The Morgan fingerprint density at radius 2 is 1.82 bits per heavy atom. The van der Waals surface area contributed by atoms with Gasteiger partial charge < -0.3 is 15.0 Å². The van der Waals surface area contributed by atoms with Crippen LogP contribution in [0.4, 0.5) is 16.6 Å². The quantitative estimate of drug-likeness (QED) is 0.493. The van der Waals surface area contributed by atoms with Gasteiger partial charge in [0.25, 0.3) is 0 Å². The van der Waals surface area contributed by atoms with E-state index in [0.717, 1.165) is 43.2 Å². The van der Waals surface area contributed by atoms with Crippen LogP contribution < -0.4 is 10.2 Å². The highest BCUT2D eigenvalue weighted by molar-refractivity contribution is 5.88. The second kappa shape index (κ2) is 12.4. The molecule has 38 heavy (non-hydrogen) atoms. The van der Waals surface area contributed by atoms with E-state index in [9.17, 15) is 9.59 Å². The minimum atomic E-state index is -0.412. The van der Waals surface area contributed by atoms with Gasteiger partial charge in [0.15, 0.2) is 0 Å². The first kappa shape index (κ1) is 27.6. The van der Waals surface area contributed by atoms with Gasteiger partial charge in [-0.3, -0.25) is 14.6 Å². The fourth-order valence-electron chi connectivity index (χ4n) is 5.01. The number of piperazine rings is 1. The fourth-order valence-corrected chi connectivity index (χ4v) is 5.01. The third-order valence-electron chi connectivity index (χ3n) is 7.45. The largest absolute Gasteiger partial charge is 0.444 e. The summed E-state index contributed by atoms with van der Waals surface area (Å²) >= 11 is 0. The maximum Gasteiger partial charge on any atom is 0.415 e. The number of benzene rings is 1. The van der Waals surface area contributed by atoms with Gasteiger partial charge in [-0.2, -0.15) is 4.98 Å². The van der Waals surface area contributed by atoms with E-state index in [-0.39, 0.29) is 18.6 Å². The number of fused-ring (bicyclic) bond motifs is 1. The molecule has 204 valence electrons. The van der Waals surface area contributed by atoms with Gasteiger partial charge in [-0.25, -0.2) is 9.78 Å². The number of hydrogen-bond donors (Lipinski definition) is 1. The van der Waals surface area contributed by atoms with Crippen LogP contribution in [0, 0.1) is 5.92 Å². The van der Waals surface area contributed by atoms with Gasteiger partial charge in [-0.1, -0.05) is 57.5 Å². The van der Waals surface area contributed by atoms with Crippen LogP contribution in [0.1, 0.15) is 68.8 Å². The summed E-state index contributed by atoms with van der Waals surface area (Å²) in [6.07, 6.45) is 6.50. The molecule has 9 heteroatoms. The van der Waals surface area contributed by atoms with E-state index < -0.39 is 6.09 Å². The molecule has 1 N–H and O–H groups in total. The molecule has 1 aromatic heterocycles. The van der Waals surface area contributed by atoms with Gasteiger partial charge in [0.2, 0.25) is 11.9 Å². The van der Waals surface area contributed by atoms with Crippen molar-refractivity contribution in [2.45, 2.75) is 58.7 Å². The highest BCUT2D eigenvalue weighted by Crippen LogP contribution is 2.40. The second-order valence-corrected chi connectivity index (χ2v) is 9.95. The summed E-state index contributed by atoms with van der Waals surface area (Å²) in [6.45, 7) is 13.2. The molecule has 2 fully saturated rings. The van der Waals surface area contributed by atoms with E-state index in [1.807, 2.05) is 18.7 Å². The molecule has 2 unspecified atom stereocenters. The molecule has 0 bridgehead atoms. The molecular weight excluding hydrogens is 480 g/mol. The number of carbonyl (C=O) groups is 2. The monoisotopic (exact) mass is 520 g/mol. The molecule has 0 radical (unpaired) electrons. The van der Waals surface area contributed by atoms with E-state index in [0.29, 0.717) is 17.8 Å². The second-order valence-electron chi connectivity index (χ2n) is 9.95. The summed E-state index contributed by atoms with van der Waals surface area (Å²) in [6, 6.07) is 9.18. The van der Waals surface area contributed by atoms with Crippen LogP contribution in [0.3, 0.4) is 0 Å². The zero-order chi connectivity index (χ0) is 27.2. The first-order valence-electron chi connectivity index (χ1n) is 13.7. The number of nitrogens with zero attached hydrogens (tertiary/aromatic N) is 5. The predicted molar refractivity (Wildman–Crippen MR) is 149 cm³/mol. The summed E-state index contributed by atoms with van der Waals surface area (Å²) < 4.78 is 5.09. The van der Waals surface area contributed by atoms with Gasteiger partial charge in [0.05, 0.1) is 11.6 Å². The number of ether oxygens (including phenoxy) is 1. The molecule has 3 heterocycles. The molecule has 5 rings (SSSR count). The number of amides is 2. The number of carbonyl (C=O) groups excluding carboxylic acids is 2. The van der Waals surface area contributed by atoms with Gasteiger partial charge >= 0.3 is 6.09 Å². The van der Waals surface area contributed by atoms with Gasteiger partial charge in [0.1, 0.15) is 12.4 Å². The van der Waals surface area contributed by atoms with Gasteiger partial charge in [-0.15, -0.1) is 0 Å². The molecule has 2 atom stereocenters. The third-order valence-corrected chi connectivity index (χ3v) is 7.45. The number of cyclic esters (lactones) is 1. The van der Waals surface area contributed by atoms with Crippen LogP contribution in [0.2, 0.25) is 0 Å². The lowest BCUT2D eigenvalue weighted by molar-refractivity contribution is -0.128. The molecule has 1 aromatic carbocycles. The lowest BCUT2D eigenvalue weighted by atomic mass is 9.96. The Hall–Kier alpha value is -3.46. The summed E-state index contributed by atoms with van der Waals surface area (Å²) in [4.78, 5) is 38.6. The van der Waals surface area contributed by atoms with Crippen LogP contribution in [0.25, 0.3) is 0 Å². The van der Waals surface area contributed by atoms with Crippen molar-refractivity contribution in [3.8, 4) is 0 Å². The normalized spacial score (nSPS) is 18.9. The number of anilines is 2. The minimum Gasteiger partial charge on any atom is -0.444 e. The highest BCUT2D eigenvalue weighted by atomic mass is 16.6. The van der Waals surface area contributed by atoms with Gasteiger partial charge in [-0.05, 0) is 36.5 Å². The zero-order valence-electron chi connectivity index (χ0n) is 23.0. The van der Waals surface area contributed by atoms with E-state index in [1.165, 1.54) is 35.8 Å². The Labute approximate surface area is 225 Å². The molecule has 0 spiro atoms. The molecule has 2 aromatic rings. The summed E-state index contributed by atoms with van der Waals surface area (Å²) in [5.41, 5.74) is 3.25. The summed E-state index contributed by atoms with van der Waals surface area (Å²) in [5, 5.41) is 3.36. The van der Waals surface area contributed by atoms with Gasteiger partial charge in [0, 0.05) is 45.5 Å². The van der Waals surface area contributed by atoms with Crippen molar-refractivity contribution in [1.82, 2.24) is 19.8 Å². The Balaban J connectivity index is 0.00000164. The molecule has 2 aliphatic heterocycles. The number of rotatable bonds is 8. The van der Waals surface area contributed by atoms with Crippen molar-refractivity contribution in [3.05, 3.63) is 59.8 Å². The van der Waals surface area contributed by atoms with E-state index >= 15 is 0 Å². The molecule has 1 aliphatic carbocycles. The average molecular weight is 521 g/mol. The zero-order valence-corrected chi connectivity index (χ0v) is 23.0. The highest BCUT2D eigenvalue weighted by Gasteiger charge is 2.32. The van der Waals surface area contributed by atoms with Crippen LogP contribution in [-0.4, -0.2) is 65.0 Å². The van der Waals surface area contributed by atoms with Crippen molar-refractivity contribution in [2.24, 2.45) is 5.92 Å². The van der Waals surface area contributed by atoms with Crippen molar-refractivity contribution < 1.29 is 14.3 Å². The first-order chi connectivity index (χ1) is 18.4. The lowest BCUT2D eigenvalue weighted by Gasteiger charge is -2.39. The van der Waals surface area contributed by atoms with Crippen LogP contribution in [-0.2, 0) is 16.1 Å².